The third-order valence-corrected chi connectivity index (χ3v) is 4.13. The quantitative estimate of drug-likeness (QED) is 0.688. The van der Waals surface area contributed by atoms with Crippen LogP contribution in [0.2, 0.25) is 0 Å². The fourth-order valence-corrected chi connectivity index (χ4v) is 3.00. The van der Waals surface area contributed by atoms with Crippen LogP contribution in [0.1, 0.15) is 23.9 Å². The van der Waals surface area contributed by atoms with Gasteiger partial charge in [-0.2, -0.15) is 19.7 Å². The van der Waals surface area contributed by atoms with Crippen molar-refractivity contribution in [1.29, 1.82) is 0 Å². The zero-order valence-corrected chi connectivity index (χ0v) is 13.1. The topological polar surface area (TPSA) is 81.2 Å². The first-order chi connectivity index (χ1) is 11.2. The second kappa shape index (κ2) is 5.15. The van der Waals surface area contributed by atoms with Gasteiger partial charge in [-0.3, -0.25) is 4.79 Å². The third-order valence-electron chi connectivity index (χ3n) is 4.13. The Morgan fingerprint density at radius 2 is 2.17 bits per heavy atom. The first-order valence-electron chi connectivity index (χ1n) is 7.68. The Bertz CT molecular complexity index is 943. The predicted molar refractivity (Wildman–Crippen MR) is 84.4 cm³/mol. The van der Waals surface area contributed by atoms with Gasteiger partial charge in [0.05, 0.1) is 5.69 Å². The van der Waals surface area contributed by atoms with E-state index in [1.165, 1.54) is 11.0 Å². The van der Waals surface area contributed by atoms with Gasteiger partial charge < -0.3 is 4.90 Å². The molecule has 4 rings (SSSR count). The van der Waals surface area contributed by atoms with Crippen LogP contribution >= 0.6 is 0 Å². The molecule has 0 spiro atoms. The monoisotopic (exact) mass is 311 g/mol. The highest BCUT2D eigenvalue weighted by Crippen LogP contribution is 2.23. The number of fused-ring (bicyclic) bond motifs is 2. The standard InChI is InChI=1S/C15H17N7O/c1-3-21-14(23)7-11-8-20(5-4-12(11)19-21)13-6-10(2)18-15-16-9-17-22(13)15/h6-7,9H,3-5,8H2,1-2H3. The van der Waals surface area contributed by atoms with Crippen LogP contribution in [0, 0.1) is 6.92 Å². The van der Waals surface area contributed by atoms with Crippen LogP contribution < -0.4 is 10.5 Å². The predicted octanol–water partition coefficient (Wildman–Crippen LogP) is 0.572. The lowest BCUT2D eigenvalue weighted by Crippen LogP contribution is -2.35. The Morgan fingerprint density at radius 3 is 3.00 bits per heavy atom. The van der Waals surface area contributed by atoms with Gasteiger partial charge in [0.15, 0.2) is 0 Å². The fourth-order valence-electron chi connectivity index (χ4n) is 3.00. The smallest absolute Gasteiger partial charge is 0.267 e. The van der Waals surface area contributed by atoms with E-state index in [9.17, 15) is 4.79 Å². The minimum Gasteiger partial charge on any atom is -0.352 e. The van der Waals surface area contributed by atoms with Crippen LogP contribution in [0.5, 0.6) is 0 Å². The van der Waals surface area contributed by atoms with E-state index in [2.05, 4.69) is 25.1 Å². The number of aromatic nitrogens is 6. The number of hydrogen-bond acceptors (Lipinski definition) is 6. The SMILES string of the molecule is CCn1nc2c(cc1=O)CN(c1cc(C)nc3ncnn13)CC2. The van der Waals surface area contributed by atoms with E-state index in [0.29, 0.717) is 18.9 Å². The van der Waals surface area contributed by atoms with E-state index in [4.69, 9.17) is 0 Å². The lowest BCUT2D eigenvalue weighted by atomic mass is 10.1. The zero-order valence-electron chi connectivity index (χ0n) is 13.1. The minimum atomic E-state index is -0.0510. The van der Waals surface area contributed by atoms with E-state index in [-0.39, 0.29) is 5.56 Å². The van der Waals surface area contributed by atoms with Gasteiger partial charge in [0.25, 0.3) is 11.3 Å². The van der Waals surface area contributed by atoms with Crippen molar-refractivity contribution in [1.82, 2.24) is 29.4 Å². The summed E-state index contributed by atoms with van der Waals surface area (Å²) < 4.78 is 3.25. The summed E-state index contributed by atoms with van der Waals surface area (Å²) in [6, 6.07) is 3.69. The Balaban J connectivity index is 1.76. The van der Waals surface area contributed by atoms with E-state index in [0.717, 1.165) is 35.7 Å². The van der Waals surface area contributed by atoms with Gasteiger partial charge >= 0.3 is 0 Å². The number of aryl methyl sites for hydroxylation is 2. The molecule has 3 aromatic heterocycles. The summed E-state index contributed by atoms with van der Waals surface area (Å²) in [7, 11) is 0. The maximum Gasteiger partial charge on any atom is 0.267 e. The summed E-state index contributed by atoms with van der Waals surface area (Å²) in [5, 5.41) is 8.72. The van der Waals surface area contributed by atoms with Gasteiger partial charge in [-0.25, -0.2) is 9.67 Å². The van der Waals surface area contributed by atoms with Crippen molar-refractivity contribution in [3.8, 4) is 0 Å². The maximum atomic E-state index is 12.0. The van der Waals surface area contributed by atoms with E-state index in [1.807, 2.05) is 19.9 Å². The highest BCUT2D eigenvalue weighted by atomic mass is 16.1. The normalized spacial score (nSPS) is 14.3. The average molecular weight is 311 g/mol. The molecule has 0 aromatic carbocycles. The maximum absolute atomic E-state index is 12.0. The van der Waals surface area contributed by atoms with Crippen molar-refractivity contribution in [3.63, 3.8) is 0 Å². The first kappa shape index (κ1) is 13.9. The van der Waals surface area contributed by atoms with E-state index >= 15 is 0 Å². The molecule has 118 valence electrons. The molecule has 0 N–H and O–H groups in total. The fraction of sp³-hybridized carbons (Fsp3) is 0.400. The first-order valence-corrected chi connectivity index (χ1v) is 7.68. The molecule has 0 atom stereocenters. The number of rotatable bonds is 2. The number of hydrogen-bond donors (Lipinski definition) is 0. The van der Waals surface area contributed by atoms with Gasteiger partial charge in [-0.15, -0.1) is 0 Å². The molecule has 0 amide bonds. The molecule has 23 heavy (non-hydrogen) atoms. The molecule has 0 unspecified atom stereocenters. The number of anilines is 1. The number of nitrogens with zero attached hydrogens (tertiary/aromatic N) is 7. The van der Waals surface area contributed by atoms with Crippen molar-refractivity contribution < 1.29 is 0 Å². The van der Waals surface area contributed by atoms with Crippen LogP contribution in [-0.2, 0) is 19.5 Å². The minimum absolute atomic E-state index is 0.0510. The van der Waals surface area contributed by atoms with Crippen molar-refractivity contribution in [2.75, 3.05) is 11.4 Å². The lowest BCUT2D eigenvalue weighted by Gasteiger charge is -2.30. The van der Waals surface area contributed by atoms with Gasteiger partial charge in [-0.1, -0.05) is 0 Å². The second-order valence-corrected chi connectivity index (χ2v) is 5.67. The third kappa shape index (κ3) is 2.26. The van der Waals surface area contributed by atoms with Crippen LogP contribution in [-0.4, -0.2) is 35.9 Å². The average Bonchev–Trinajstić information content (AvgIpc) is 3.01. The van der Waals surface area contributed by atoms with Crippen LogP contribution in [0.15, 0.2) is 23.3 Å². The van der Waals surface area contributed by atoms with Crippen molar-refractivity contribution in [2.45, 2.75) is 33.4 Å². The summed E-state index contributed by atoms with van der Waals surface area (Å²) >= 11 is 0. The molecule has 0 bridgehead atoms. The molecular formula is C15H17N7O. The van der Waals surface area contributed by atoms with E-state index in [1.54, 1.807) is 10.6 Å². The summed E-state index contributed by atoms with van der Waals surface area (Å²) in [5.41, 5.74) is 2.83. The van der Waals surface area contributed by atoms with Gasteiger partial charge in [0.1, 0.15) is 12.1 Å². The Hall–Kier alpha value is -2.77. The Morgan fingerprint density at radius 1 is 1.30 bits per heavy atom. The largest absolute Gasteiger partial charge is 0.352 e. The second-order valence-electron chi connectivity index (χ2n) is 5.67. The van der Waals surface area contributed by atoms with Gasteiger partial charge in [0.2, 0.25) is 0 Å². The molecule has 0 aliphatic carbocycles. The highest BCUT2D eigenvalue weighted by Gasteiger charge is 2.22. The van der Waals surface area contributed by atoms with Crippen LogP contribution in [0.3, 0.4) is 0 Å². The lowest BCUT2D eigenvalue weighted by molar-refractivity contribution is 0.570. The van der Waals surface area contributed by atoms with Gasteiger partial charge in [-0.05, 0) is 13.8 Å². The van der Waals surface area contributed by atoms with Crippen LogP contribution in [0.4, 0.5) is 5.82 Å². The summed E-state index contributed by atoms with van der Waals surface area (Å²) in [6.45, 7) is 5.93. The zero-order chi connectivity index (χ0) is 16.0. The summed E-state index contributed by atoms with van der Waals surface area (Å²) in [5.74, 6) is 1.53. The van der Waals surface area contributed by atoms with Crippen molar-refractivity contribution in [2.24, 2.45) is 0 Å². The molecule has 0 saturated heterocycles. The Labute approximate surface area is 132 Å². The summed E-state index contributed by atoms with van der Waals surface area (Å²) in [4.78, 5) is 22.8. The molecule has 0 radical (unpaired) electrons. The molecule has 0 fully saturated rings. The van der Waals surface area contributed by atoms with Gasteiger partial charge in [0, 0.05) is 49.4 Å². The highest BCUT2D eigenvalue weighted by molar-refractivity contribution is 5.49. The molecular weight excluding hydrogens is 294 g/mol. The van der Waals surface area contributed by atoms with Crippen LogP contribution in [0.25, 0.3) is 5.78 Å². The molecule has 1 aliphatic heterocycles. The molecule has 1 aliphatic rings. The summed E-state index contributed by atoms with van der Waals surface area (Å²) in [6.07, 6.45) is 2.30. The van der Waals surface area contributed by atoms with E-state index < -0.39 is 0 Å². The molecule has 3 aromatic rings. The Kier molecular flexibility index (Phi) is 3.10. The van der Waals surface area contributed by atoms with Crippen molar-refractivity contribution in [3.05, 3.63) is 45.8 Å². The molecule has 8 nitrogen and oxygen atoms in total. The molecule has 8 heteroatoms. The molecule has 0 saturated carbocycles. The van der Waals surface area contributed by atoms with Crippen molar-refractivity contribution >= 4 is 11.6 Å². The molecule has 4 heterocycles.